The van der Waals surface area contributed by atoms with E-state index in [0.29, 0.717) is 0 Å². The molecule has 1 aromatic carbocycles. The zero-order chi connectivity index (χ0) is 14.8. The van der Waals surface area contributed by atoms with Gasteiger partial charge in [-0.1, -0.05) is 0 Å². The SMILES string of the molecule is CCOC(=O)c1cc([N+](=O)[O-])cc(S(=O)(=O)Cl)c1Br. The average Bonchev–Trinajstić information content (AvgIpc) is 2.27. The number of carbonyl (C=O) groups is 1. The molecule has 10 heteroatoms. The van der Waals surface area contributed by atoms with E-state index in [-0.39, 0.29) is 16.6 Å². The van der Waals surface area contributed by atoms with Gasteiger partial charge in [0.15, 0.2) is 0 Å². The normalized spacial score (nSPS) is 11.1. The first-order valence-corrected chi connectivity index (χ1v) is 7.88. The highest BCUT2D eigenvalue weighted by Gasteiger charge is 2.26. The van der Waals surface area contributed by atoms with Crippen LogP contribution in [-0.4, -0.2) is 25.9 Å². The lowest BCUT2D eigenvalue weighted by Gasteiger charge is -2.07. The fourth-order valence-corrected chi connectivity index (χ4v) is 3.48. The molecule has 0 atom stereocenters. The van der Waals surface area contributed by atoms with Gasteiger partial charge < -0.3 is 4.74 Å². The third-order valence-electron chi connectivity index (χ3n) is 1.99. The number of hydrogen-bond donors (Lipinski definition) is 0. The summed E-state index contributed by atoms with van der Waals surface area (Å²) in [7, 11) is 0.914. The minimum atomic E-state index is -4.25. The summed E-state index contributed by atoms with van der Waals surface area (Å²) in [4.78, 5) is 20.9. The van der Waals surface area contributed by atoms with Crippen LogP contribution in [0.5, 0.6) is 0 Å². The van der Waals surface area contributed by atoms with Gasteiger partial charge in [0.05, 0.1) is 21.6 Å². The van der Waals surface area contributed by atoms with Crippen molar-refractivity contribution < 1.29 is 22.9 Å². The maximum atomic E-state index is 11.6. The van der Waals surface area contributed by atoms with E-state index in [9.17, 15) is 23.3 Å². The molecule has 0 aliphatic heterocycles. The molecule has 104 valence electrons. The van der Waals surface area contributed by atoms with E-state index in [0.717, 1.165) is 12.1 Å². The fourth-order valence-electron chi connectivity index (χ4n) is 1.22. The van der Waals surface area contributed by atoms with Crippen LogP contribution in [0.1, 0.15) is 17.3 Å². The number of nitro benzene ring substituents is 1. The van der Waals surface area contributed by atoms with Crippen molar-refractivity contribution in [2.45, 2.75) is 11.8 Å². The fraction of sp³-hybridized carbons (Fsp3) is 0.222. The minimum absolute atomic E-state index is 0.0386. The van der Waals surface area contributed by atoms with Crippen molar-refractivity contribution in [3.05, 3.63) is 32.3 Å². The van der Waals surface area contributed by atoms with Gasteiger partial charge in [-0.3, -0.25) is 10.1 Å². The van der Waals surface area contributed by atoms with Crippen molar-refractivity contribution >= 4 is 47.3 Å². The van der Waals surface area contributed by atoms with Crippen molar-refractivity contribution in [1.29, 1.82) is 0 Å². The Morgan fingerprint density at radius 3 is 2.53 bits per heavy atom. The van der Waals surface area contributed by atoms with Gasteiger partial charge >= 0.3 is 5.97 Å². The van der Waals surface area contributed by atoms with Crippen LogP contribution >= 0.6 is 26.6 Å². The van der Waals surface area contributed by atoms with E-state index >= 15 is 0 Å². The van der Waals surface area contributed by atoms with Crippen LogP contribution in [0.4, 0.5) is 5.69 Å². The first-order chi connectivity index (χ1) is 8.68. The molecule has 0 unspecified atom stereocenters. The zero-order valence-corrected chi connectivity index (χ0v) is 12.6. The predicted molar refractivity (Wildman–Crippen MR) is 69.8 cm³/mol. The number of rotatable bonds is 4. The molecule has 0 spiro atoms. The van der Waals surface area contributed by atoms with E-state index in [1.807, 2.05) is 0 Å². The topological polar surface area (TPSA) is 104 Å². The summed E-state index contributed by atoms with van der Waals surface area (Å²) in [6.07, 6.45) is 0. The highest BCUT2D eigenvalue weighted by atomic mass is 79.9. The molecule has 0 radical (unpaired) electrons. The average molecular weight is 373 g/mol. The van der Waals surface area contributed by atoms with Gasteiger partial charge in [0, 0.05) is 22.8 Å². The van der Waals surface area contributed by atoms with Gasteiger partial charge in [-0.2, -0.15) is 0 Å². The molecule has 0 heterocycles. The number of benzene rings is 1. The minimum Gasteiger partial charge on any atom is -0.462 e. The standard InChI is InChI=1S/C9H7BrClNO6S/c1-2-18-9(13)6-3-5(12(14)15)4-7(8(6)10)19(11,16)17/h3-4H,2H2,1H3. The third kappa shape index (κ3) is 3.64. The van der Waals surface area contributed by atoms with Crippen LogP contribution < -0.4 is 0 Å². The monoisotopic (exact) mass is 371 g/mol. The first kappa shape index (κ1) is 15.9. The Bertz CT molecular complexity index is 644. The van der Waals surface area contributed by atoms with Crippen LogP contribution in [0.2, 0.25) is 0 Å². The van der Waals surface area contributed by atoms with Crippen molar-refractivity contribution in [3.63, 3.8) is 0 Å². The molecule has 7 nitrogen and oxygen atoms in total. The van der Waals surface area contributed by atoms with Crippen LogP contribution in [0.25, 0.3) is 0 Å². The van der Waals surface area contributed by atoms with Crippen LogP contribution in [-0.2, 0) is 13.8 Å². The number of halogens is 2. The molecule has 0 N–H and O–H groups in total. The molecule has 0 aliphatic rings. The van der Waals surface area contributed by atoms with Crippen LogP contribution in [0.15, 0.2) is 21.5 Å². The second-order valence-electron chi connectivity index (χ2n) is 3.22. The van der Waals surface area contributed by atoms with Crippen molar-refractivity contribution in [3.8, 4) is 0 Å². The van der Waals surface area contributed by atoms with Gasteiger partial charge in [0.25, 0.3) is 14.7 Å². The smallest absolute Gasteiger partial charge is 0.339 e. The Balaban J connectivity index is 3.60. The molecule has 0 aliphatic carbocycles. The zero-order valence-electron chi connectivity index (χ0n) is 9.42. The van der Waals surface area contributed by atoms with E-state index in [1.54, 1.807) is 6.92 Å². The summed E-state index contributed by atoms with van der Waals surface area (Å²) in [6.45, 7) is 1.58. The Morgan fingerprint density at radius 2 is 2.11 bits per heavy atom. The number of nitrogens with zero attached hydrogens (tertiary/aromatic N) is 1. The summed E-state index contributed by atoms with van der Waals surface area (Å²) in [6, 6.07) is 1.67. The lowest BCUT2D eigenvalue weighted by atomic mass is 10.2. The molecule has 0 saturated carbocycles. The number of carbonyl (C=O) groups excluding carboxylic acids is 1. The lowest BCUT2D eigenvalue weighted by Crippen LogP contribution is -2.08. The maximum Gasteiger partial charge on any atom is 0.339 e. The van der Waals surface area contributed by atoms with Gasteiger partial charge in [0.2, 0.25) is 0 Å². The Kier molecular flexibility index (Phi) is 4.88. The Morgan fingerprint density at radius 1 is 1.53 bits per heavy atom. The Hall–Kier alpha value is -1.19. The number of non-ortho nitro benzene ring substituents is 1. The number of esters is 1. The second-order valence-corrected chi connectivity index (χ2v) is 6.55. The van der Waals surface area contributed by atoms with E-state index in [4.69, 9.17) is 10.7 Å². The molecule has 0 aromatic heterocycles. The van der Waals surface area contributed by atoms with Crippen molar-refractivity contribution in [2.75, 3.05) is 6.61 Å². The molecular formula is C9H7BrClNO6S. The molecular weight excluding hydrogens is 366 g/mol. The largest absolute Gasteiger partial charge is 0.462 e. The van der Waals surface area contributed by atoms with Crippen molar-refractivity contribution in [2.24, 2.45) is 0 Å². The molecule has 1 rings (SSSR count). The third-order valence-corrected chi connectivity index (χ3v) is 4.46. The van der Waals surface area contributed by atoms with E-state index in [1.165, 1.54) is 0 Å². The highest BCUT2D eigenvalue weighted by Crippen LogP contribution is 2.33. The predicted octanol–water partition coefficient (Wildman–Crippen LogP) is 2.46. The Labute approximate surface area is 121 Å². The van der Waals surface area contributed by atoms with E-state index in [2.05, 4.69) is 20.7 Å². The maximum absolute atomic E-state index is 11.6. The molecule has 19 heavy (non-hydrogen) atoms. The molecule has 0 bridgehead atoms. The van der Waals surface area contributed by atoms with E-state index < -0.39 is 30.5 Å². The van der Waals surface area contributed by atoms with Crippen LogP contribution in [0.3, 0.4) is 0 Å². The van der Waals surface area contributed by atoms with Gasteiger partial charge in [-0.25, -0.2) is 13.2 Å². The second kappa shape index (κ2) is 5.85. The molecule has 0 fully saturated rings. The van der Waals surface area contributed by atoms with Gasteiger partial charge in [0.1, 0.15) is 4.90 Å². The molecule has 0 saturated heterocycles. The summed E-state index contributed by atoms with van der Waals surface area (Å²) in [5.41, 5.74) is -0.860. The summed E-state index contributed by atoms with van der Waals surface area (Å²) < 4.78 is 27.2. The summed E-state index contributed by atoms with van der Waals surface area (Å²) in [5, 5.41) is 10.7. The highest BCUT2D eigenvalue weighted by molar-refractivity contribution is 9.10. The van der Waals surface area contributed by atoms with Gasteiger partial charge in [-0.15, -0.1) is 0 Å². The number of ether oxygens (including phenoxy) is 1. The first-order valence-electron chi connectivity index (χ1n) is 4.78. The van der Waals surface area contributed by atoms with Crippen molar-refractivity contribution in [1.82, 2.24) is 0 Å². The lowest BCUT2D eigenvalue weighted by molar-refractivity contribution is -0.385. The number of hydrogen-bond acceptors (Lipinski definition) is 6. The number of nitro groups is 1. The quantitative estimate of drug-likeness (QED) is 0.348. The molecule has 0 amide bonds. The van der Waals surface area contributed by atoms with Gasteiger partial charge in [-0.05, 0) is 22.9 Å². The van der Waals surface area contributed by atoms with Crippen LogP contribution in [0, 0.1) is 10.1 Å². The summed E-state index contributed by atoms with van der Waals surface area (Å²) in [5.74, 6) is -0.889. The molecule has 1 aromatic rings. The summed E-state index contributed by atoms with van der Waals surface area (Å²) >= 11 is 2.88.